The maximum Gasteiger partial charge on any atom is 0.119 e. The first-order chi connectivity index (χ1) is 7.70. The van der Waals surface area contributed by atoms with Gasteiger partial charge in [-0.25, -0.2) is 0 Å². The van der Waals surface area contributed by atoms with E-state index in [9.17, 15) is 9.90 Å². The number of carbonyl (C=O) groups is 1. The Morgan fingerprint density at radius 1 is 1.50 bits per heavy atom. The molecule has 0 unspecified atom stereocenters. The van der Waals surface area contributed by atoms with Gasteiger partial charge in [0.25, 0.3) is 0 Å². The minimum absolute atomic E-state index is 0.0319. The molecule has 1 heterocycles. The summed E-state index contributed by atoms with van der Waals surface area (Å²) in [6.45, 7) is 0. The second-order valence-electron chi connectivity index (χ2n) is 3.60. The standard InChI is InChI=1S/C12H13NO3/c1-16-9-3-4-11-10(6-9)8(7-13-11)2-5-12(14)15/h3-4,6-7,13H,2,5H2,1H3,(H,14,15)/p-1. The van der Waals surface area contributed by atoms with E-state index in [2.05, 4.69) is 4.98 Å². The summed E-state index contributed by atoms with van der Waals surface area (Å²) in [5, 5.41) is 11.4. The molecule has 1 N–H and O–H groups in total. The summed E-state index contributed by atoms with van der Waals surface area (Å²) in [5.41, 5.74) is 1.95. The lowest BCUT2D eigenvalue weighted by atomic mass is 10.1. The number of aromatic amines is 1. The largest absolute Gasteiger partial charge is 0.550 e. The average Bonchev–Trinajstić information content (AvgIpc) is 2.68. The fourth-order valence-electron chi connectivity index (χ4n) is 1.73. The summed E-state index contributed by atoms with van der Waals surface area (Å²) >= 11 is 0. The van der Waals surface area contributed by atoms with Crippen LogP contribution in [0, 0.1) is 0 Å². The van der Waals surface area contributed by atoms with Crippen LogP contribution in [0.3, 0.4) is 0 Å². The molecule has 0 amide bonds. The van der Waals surface area contributed by atoms with Gasteiger partial charge >= 0.3 is 0 Å². The van der Waals surface area contributed by atoms with Crippen LogP contribution in [-0.4, -0.2) is 18.1 Å². The second-order valence-corrected chi connectivity index (χ2v) is 3.60. The predicted octanol–water partition coefficient (Wildman–Crippen LogP) is 0.859. The molecular formula is C12H12NO3-. The van der Waals surface area contributed by atoms with E-state index in [0.717, 1.165) is 22.2 Å². The van der Waals surface area contributed by atoms with Crippen LogP contribution >= 0.6 is 0 Å². The summed E-state index contributed by atoms with van der Waals surface area (Å²) in [7, 11) is 1.61. The normalized spacial score (nSPS) is 10.6. The Balaban J connectivity index is 2.34. The number of hydrogen-bond acceptors (Lipinski definition) is 3. The van der Waals surface area contributed by atoms with Gasteiger partial charge in [0.1, 0.15) is 5.75 Å². The number of fused-ring (bicyclic) bond motifs is 1. The van der Waals surface area contributed by atoms with Crippen molar-refractivity contribution in [2.24, 2.45) is 0 Å². The molecule has 4 nitrogen and oxygen atoms in total. The number of nitrogens with one attached hydrogen (secondary N) is 1. The second kappa shape index (κ2) is 4.26. The Morgan fingerprint density at radius 2 is 2.31 bits per heavy atom. The van der Waals surface area contributed by atoms with Gasteiger partial charge in [0.2, 0.25) is 0 Å². The summed E-state index contributed by atoms with van der Waals surface area (Å²) in [5.74, 6) is -0.265. The zero-order valence-electron chi connectivity index (χ0n) is 8.95. The predicted molar refractivity (Wildman–Crippen MR) is 58.2 cm³/mol. The highest BCUT2D eigenvalue weighted by atomic mass is 16.5. The summed E-state index contributed by atoms with van der Waals surface area (Å²) in [6, 6.07) is 5.68. The van der Waals surface area contributed by atoms with Crippen molar-refractivity contribution in [1.82, 2.24) is 4.98 Å². The number of ether oxygens (including phenoxy) is 1. The Kier molecular flexibility index (Phi) is 2.81. The van der Waals surface area contributed by atoms with Crippen LogP contribution in [0.5, 0.6) is 5.75 Å². The van der Waals surface area contributed by atoms with E-state index in [1.54, 1.807) is 7.11 Å². The van der Waals surface area contributed by atoms with Gasteiger partial charge in [-0.1, -0.05) is 0 Å². The monoisotopic (exact) mass is 218 g/mol. The molecule has 2 rings (SSSR count). The summed E-state index contributed by atoms with van der Waals surface area (Å²) in [6.07, 6.45) is 2.33. The number of aromatic nitrogens is 1. The van der Waals surface area contributed by atoms with E-state index in [1.807, 2.05) is 24.4 Å². The average molecular weight is 218 g/mol. The highest BCUT2D eigenvalue weighted by Crippen LogP contribution is 2.24. The van der Waals surface area contributed by atoms with Gasteiger partial charge in [0.15, 0.2) is 0 Å². The smallest absolute Gasteiger partial charge is 0.119 e. The lowest BCUT2D eigenvalue weighted by Gasteiger charge is -2.02. The van der Waals surface area contributed by atoms with Crippen LogP contribution in [0.2, 0.25) is 0 Å². The van der Waals surface area contributed by atoms with Gasteiger partial charge in [-0.2, -0.15) is 0 Å². The molecule has 0 spiro atoms. The molecule has 0 aliphatic carbocycles. The molecule has 0 aliphatic rings. The highest BCUT2D eigenvalue weighted by Gasteiger charge is 2.04. The minimum atomic E-state index is -1.03. The fraction of sp³-hybridized carbons (Fsp3) is 0.250. The number of aliphatic carboxylic acids is 1. The molecule has 1 aromatic heterocycles. The maximum atomic E-state index is 10.4. The Labute approximate surface area is 92.9 Å². The number of rotatable bonds is 4. The van der Waals surface area contributed by atoms with Crippen molar-refractivity contribution in [2.45, 2.75) is 12.8 Å². The molecular weight excluding hydrogens is 206 g/mol. The van der Waals surface area contributed by atoms with Gasteiger partial charge in [-0.3, -0.25) is 0 Å². The first-order valence-corrected chi connectivity index (χ1v) is 5.04. The third-order valence-electron chi connectivity index (χ3n) is 2.57. The van der Waals surface area contributed by atoms with Gasteiger partial charge in [0.05, 0.1) is 7.11 Å². The molecule has 84 valence electrons. The zero-order chi connectivity index (χ0) is 11.5. The molecule has 0 saturated carbocycles. The summed E-state index contributed by atoms with van der Waals surface area (Å²) < 4.78 is 5.13. The van der Waals surface area contributed by atoms with E-state index in [4.69, 9.17) is 4.74 Å². The van der Waals surface area contributed by atoms with Crippen LogP contribution < -0.4 is 9.84 Å². The van der Waals surface area contributed by atoms with E-state index < -0.39 is 5.97 Å². The number of H-pyrrole nitrogens is 1. The van der Waals surface area contributed by atoms with Gasteiger partial charge in [-0.15, -0.1) is 0 Å². The first-order valence-electron chi connectivity index (χ1n) is 5.04. The topological polar surface area (TPSA) is 65.2 Å². The molecule has 4 heteroatoms. The van der Waals surface area contributed by atoms with Crippen LogP contribution in [0.4, 0.5) is 0 Å². The molecule has 0 atom stereocenters. The van der Waals surface area contributed by atoms with Crippen LogP contribution in [0.25, 0.3) is 10.9 Å². The molecule has 0 radical (unpaired) electrons. The Morgan fingerprint density at radius 3 is 3.00 bits per heavy atom. The molecule has 0 aliphatic heterocycles. The number of aryl methyl sites for hydroxylation is 1. The third kappa shape index (κ3) is 2.00. The van der Waals surface area contributed by atoms with Crippen LogP contribution in [0.1, 0.15) is 12.0 Å². The Bertz CT molecular complexity index is 516. The van der Waals surface area contributed by atoms with Crippen molar-refractivity contribution < 1.29 is 14.6 Å². The van der Waals surface area contributed by atoms with Crippen LogP contribution in [-0.2, 0) is 11.2 Å². The van der Waals surface area contributed by atoms with Crippen molar-refractivity contribution in [1.29, 1.82) is 0 Å². The van der Waals surface area contributed by atoms with Crippen LogP contribution in [0.15, 0.2) is 24.4 Å². The lowest BCUT2D eigenvalue weighted by Crippen LogP contribution is -2.22. The van der Waals surface area contributed by atoms with Gasteiger partial charge in [-0.05, 0) is 36.6 Å². The molecule has 0 saturated heterocycles. The number of carbonyl (C=O) groups excluding carboxylic acids is 1. The van der Waals surface area contributed by atoms with Crippen molar-refractivity contribution in [3.8, 4) is 5.75 Å². The fourth-order valence-corrected chi connectivity index (χ4v) is 1.73. The summed E-state index contributed by atoms with van der Waals surface area (Å²) in [4.78, 5) is 13.5. The lowest BCUT2D eigenvalue weighted by molar-refractivity contribution is -0.305. The van der Waals surface area contributed by atoms with E-state index in [-0.39, 0.29) is 6.42 Å². The van der Waals surface area contributed by atoms with Crippen molar-refractivity contribution >= 4 is 16.9 Å². The van der Waals surface area contributed by atoms with Crippen molar-refractivity contribution in [3.63, 3.8) is 0 Å². The third-order valence-corrected chi connectivity index (χ3v) is 2.57. The molecule has 2 aromatic rings. The minimum Gasteiger partial charge on any atom is -0.550 e. The number of carboxylic acids is 1. The van der Waals surface area contributed by atoms with Gasteiger partial charge < -0.3 is 19.6 Å². The molecule has 0 bridgehead atoms. The number of benzene rings is 1. The van der Waals surface area contributed by atoms with E-state index >= 15 is 0 Å². The highest BCUT2D eigenvalue weighted by molar-refractivity contribution is 5.85. The quantitative estimate of drug-likeness (QED) is 0.827. The number of methoxy groups -OCH3 is 1. The maximum absolute atomic E-state index is 10.4. The molecule has 0 fully saturated rings. The zero-order valence-corrected chi connectivity index (χ0v) is 8.95. The first kappa shape index (κ1) is 10.5. The molecule has 16 heavy (non-hydrogen) atoms. The number of carboxylic acid groups (broad SMARTS) is 1. The van der Waals surface area contributed by atoms with Crippen molar-refractivity contribution in [2.75, 3.05) is 7.11 Å². The molecule has 1 aromatic carbocycles. The number of hydrogen-bond donors (Lipinski definition) is 1. The van der Waals surface area contributed by atoms with E-state index in [1.165, 1.54) is 0 Å². The SMILES string of the molecule is COc1ccc2[nH]cc(CCC(=O)[O-])c2c1. The van der Waals surface area contributed by atoms with Gasteiger partial charge in [0, 0.05) is 23.1 Å². The van der Waals surface area contributed by atoms with Crippen molar-refractivity contribution in [3.05, 3.63) is 30.0 Å². The van der Waals surface area contributed by atoms with E-state index in [0.29, 0.717) is 6.42 Å². The Hall–Kier alpha value is -1.97.